The maximum absolute atomic E-state index is 12.7. The van der Waals surface area contributed by atoms with Crippen LogP contribution in [-0.4, -0.2) is 74.5 Å². The predicted octanol–water partition coefficient (Wildman–Crippen LogP) is 3.33. The van der Waals surface area contributed by atoms with Crippen LogP contribution < -0.4 is 15.8 Å². The molecule has 0 aliphatic carbocycles. The highest BCUT2D eigenvalue weighted by Gasteiger charge is 2.23. The number of hydrogen-bond donors (Lipinski definition) is 2. The molecule has 0 spiro atoms. The molecule has 34 heavy (non-hydrogen) atoms. The van der Waals surface area contributed by atoms with Gasteiger partial charge in [0.2, 0.25) is 0 Å². The molecule has 0 amide bonds. The number of piperidine rings is 1. The summed E-state index contributed by atoms with van der Waals surface area (Å²) in [7, 11) is 1.75. The maximum atomic E-state index is 12.7. The minimum Gasteiger partial charge on any atom is -0.383 e. The van der Waals surface area contributed by atoms with Gasteiger partial charge in [-0.2, -0.15) is 0 Å². The number of aromatic nitrogens is 2. The number of benzene rings is 1. The molecule has 4 heterocycles. The number of nitrogens with one attached hydrogen (secondary N) is 2. The van der Waals surface area contributed by atoms with Crippen molar-refractivity contribution in [2.75, 3.05) is 69.9 Å². The number of hydrogen-bond acceptors (Lipinski definition) is 7. The second-order valence-corrected chi connectivity index (χ2v) is 9.05. The summed E-state index contributed by atoms with van der Waals surface area (Å²) < 4.78 is 10.7. The minimum atomic E-state index is -0.127. The molecule has 2 aliphatic heterocycles. The number of pyridine rings is 2. The fourth-order valence-corrected chi connectivity index (χ4v) is 4.92. The summed E-state index contributed by atoms with van der Waals surface area (Å²) in [5, 5.41) is 4.95. The quantitative estimate of drug-likeness (QED) is 0.556. The number of ether oxygens (including phenoxy) is 2. The van der Waals surface area contributed by atoms with Crippen LogP contribution >= 0.6 is 0 Å². The molecular weight excluding hydrogens is 430 g/mol. The molecule has 8 heteroatoms. The minimum absolute atomic E-state index is 0.127. The monoisotopic (exact) mass is 463 g/mol. The van der Waals surface area contributed by atoms with Crippen molar-refractivity contribution in [1.29, 1.82) is 0 Å². The van der Waals surface area contributed by atoms with Crippen LogP contribution in [0.4, 0.5) is 17.2 Å². The molecule has 0 radical (unpaired) electrons. The summed E-state index contributed by atoms with van der Waals surface area (Å²) >= 11 is 0. The van der Waals surface area contributed by atoms with Gasteiger partial charge in [0.15, 0.2) is 0 Å². The molecule has 2 aliphatic rings. The third-order valence-corrected chi connectivity index (χ3v) is 6.90. The van der Waals surface area contributed by atoms with Crippen LogP contribution in [0.2, 0.25) is 0 Å². The Balaban J connectivity index is 1.38. The van der Waals surface area contributed by atoms with Gasteiger partial charge in [0.25, 0.3) is 5.56 Å². The largest absolute Gasteiger partial charge is 0.383 e. The van der Waals surface area contributed by atoms with Crippen molar-refractivity contribution in [1.82, 2.24) is 14.9 Å². The number of nitrogens with zero attached hydrogens (tertiary/aromatic N) is 3. The average Bonchev–Trinajstić information content (AvgIpc) is 2.88. The Morgan fingerprint density at radius 2 is 1.88 bits per heavy atom. The lowest BCUT2D eigenvalue weighted by atomic mass is 9.92. The number of morpholine rings is 1. The highest BCUT2D eigenvalue weighted by Crippen LogP contribution is 2.32. The lowest BCUT2D eigenvalue weighted by molar-refractivity contribution is 0.122. The number of rotatable bonds is 7. The van der Waals surface area contributed by atoms with Crippen LogP contribution in [0.5, 0.6) is 0 Å². The molecule has 8 nitrogen and oxygen atoms in total. The standard InChI is InChI=1S/C26H33N5O3/c1-33-15-12-30-10-7-19(8-11-30)23-18-20-6-9-27-26(32)24(20)25(29-23)28-21-2-4-22(5-3-21)31-13-16-34-17-14-31/h2-6,9,18-19H,7-8,10-17H2,1H3,(H,27,32)(H,28,29). The van der Waals surface area contributed by atoms with Crippen molar-refractivity contribution in [3.05, 3.63) is 58.6 Å². The summed E-state index contributed by atoms with van der Waals surface area (Å²) in [6.07, 6.45) is 3.82. The molecule has 2 fully saturated rings. The van der Waals surface area contributed by atoms with E-state index in [2.05, 4.69) is 50.4 Å². The van der Waals surface area contributed by atoms with E-state index in [4.69, 9.17) is 14.5 Å². The van der Waals surface area contributed by atoms with Gasteiger partial charge < -0.3 is 29.6 Å². The first kappa shape index (κ1) is 22.8. The zero-order chi connectivity index (χ0) is 23.3. The van der Waals surface area contributed by atoms with Gasteiger partial charge >= 0.3 is 0 Å². The third-order valence-electron chi connectivity index (χ3n) is 6.90. The number of methoxy groups -OCH3 is 1. The molecule has 0 saturated carbocycles. The first-order valence-corrected chi connectivity index (χ1v) is 12.1. The van der Waals surface area contributed by atoms with Crippen LogP contribution in [0, 0.1) is 0 Å². The van der Waals surface area contributed by atoms with Crippen molar-refractivity contribution in [2.24, 2.45) is 0 Å². The molecule has 1 aromatic carbocycles. The van der Waals surface area contributed by atoms with Crippen LogP contribution in [0.3, 0.4) is 0 Å². The average molecular weight is 464 g/mol. The van der Waals surface area contributed by atoms with E-state index in [9.17, 15) is 4.79 Å². The Kier molecular flexibility index (Phi) is 7.08. The van der Waals surface area contributed by atoms with Crippen LogP contribution in [0.1, 0.15) is 24.5 Å². The summed E-state index contributed by atoms with van der Waals surface area (Å²) in [6.45, 7) is 7.13. The summed E-state index contributed by atoms with van der Waals surface area (Å²) in [4.78, 5) is 25.3. The SMILES string of the molecule is COCCN1CCC(c2cc3cc[nH]c(=O)c3c(Nc3ccc(N4CCOCC4)cc3)n2)CC1. The normalized spacial score (nSPS) is 17.9. The predicted molar refractivity (Wildman–Crippen MR) is 135 cm³/mol. The van der Waals surface area contributed by atoms with Crippen molar-refractivity contribution >= 4 is 28.0 Å². The Hall–Kier alpha value is -2.94. The van der Waals surface area contributed by atoms with Gasteiger partial charge in [0.1, 0.15) is 5.82 Å². The molecule has 2 N–H and O–H groups in total. The first-order chi connectivity index (χ1) is 16.7. The van der Waals surface area contributed by atoms with Crippen molar-refractivity contribution in [3.63, 3.8) is 0 Å². The molecule has 2 aromatic heterocycles. The maximum Gasteiger partial charge on any atom is 0.259 e. The Bertz CT molecular complexity index is 1150. The molecule has 180 valence electrons. The fourth-order valence-electron chi connectivity index (χ4n) is 4.92. The van der Waals surface area contributed by atoms with Crippen molar-refractivity contribution in [3.8, 4) is 0 Å². The van der Waals surface area contributed by atoms with E-state index >= 15 is 0 Å². The third kappa shape index (κ3) is 5.09. The summed E-state index contributed by atoms with van der Waals surface area (Å²) in [6, 6.07) is 12.4. The van der Waals surface area contributed by atoms with Crippen LogP contribution in [-0.2, 0) is 9.47 Å². The topological polar surface area (TPSA) is 82.7 Å². The molecular formula is C26H33N5O3. The highest BCUT2D eigenvalue weighted by atomic mass is 16.5. The van der Waals surface area contributed by atoms with Gasteiger partial charge in [-0.1, -0.05) is 0 Å². The molecule has 0 bridgehead atoms. The van der Waals surface area contributed by atoms with Gasteiger partial charge in [-0.25, -0.2) is 4.98 Å². The van der Waals surface area contributed by atoms with Gasteiger partial charge in [0, 0.05) is 55.9 Å². The lowest BCUT2D eigenvalue weighted by Gasteiger charge is -2.31. The lowest BCUT2D eigenvalue weighted by Crippen LogP contribution is -2.36. The fraction of sp³-hybridized carbons (Fsp3) is 0.462. The number of likely N-dealkylation sites (tertiary alicyclic amines) is 1. The number of H-pyrrole nitrogens is 1. The van der Waals surface area contributed by atoms with Gasteiger partial charge in [-0.3, -0.25) is 4.79 Å². The van der Waals surface area contributed by atoms with Crippen LogP contribution in [0.25, 0.3) is 10.8 Å². The Morgan fingerprint density at radius 3 is 2.62 bits per heavy atom. The summed E-state index contributed by atoms with van der Waals surface area (Å²) in [5.41, 5.74) is 3.02. The van der Waals surface area contributed by atoms with E-state index in [1.165, 1.54) is 5.69 Å². The number of anilines is 3. The number of fused-ring (bicyclic) bond motifs is 1. The second kappa shape index (κ2) is 10.5. The van der Waals surface area contributed by atoms with E-state index in [-0.39, 0.29) is 5.56 Å². The van der Waals surface area contributed by atoms with Gasteiger partial charge in [-0.05, 0) is 67.7 Å². The van der Waals surface area contributed by atoms with E-state index in [1.807, 2.05) is 6.07 Å². The zero-order valence-corrected chi connectivity index (χ0v) is 19.8. The zero-order valence-electron chi connectivity index (χ0n) is 19.8. The van der Waals surface area contributed by atoms with E-state index in [0.717, 1.165) is 82.2 Å². The Morgan fingerprint density at radius 1 is 1.12 bits per heavy atom. The van der Waals surface area contributed by atoms with E-state index < -0.39 is 0 Å². The molecule has 0 unspecified atom stereocenters. The molecule has 0 atom stereocenters. The van der Waals surface area contributed by atoms with E-state index in [1.54, 1.807) is 13.3 Å². The van der Waals surface area contributed by atoms with E-state index in [0.29, 0.717) is 17.1 Å². The molecule has 3 aromatic rings. The smallest absolute Gasteiger partial charge is 0.259 e. The van der Waals surface area contributed by atoms with Crippen molar-refractivity contribution in [2.45, 2.75) is 18.8 Å². The first-order valence-electron chi connectivity index (χ1n) is 12.1. The molecule has 5 rings (SSSR count). The molecule has 2 saturated heterocycles. The highest BCUT2D eigenvalue weighted by molar-refractivity contribution is 5.93. The Labute approximate surface area is 199 Å². The second-order valence-electron chi connectivity index (χ2n) is 9.05. The summed E-state index contributed by atoms with van der Waals surface area (Å²) in [5.74, 6) is 1.00. The van der Waals surface area contributed by atoms with Crippen LogP contribution in [0.15, 0.2) is 47.4 Å². The van der Waals surface area contributed by atoms with Gasteiger partial charge in [-0.15, -0.1) is 0 Å². The van der Waals surface area contributed by atoms with Crippen molar-refractivity contribution < 1.29 is 9.47 Å². The number of aromatic amines is 1. The van der Waals surface area contributed by atoms with Gasteiger partial charge in [0.05, 0.1) is 25.2 Å².